The van der Waals surface area contributed by atoms with E-state index in [4.69, 9.17) is 27.3 Å². The molecule has 1 fully saturated rings. The number of anilines is 1. The Morgan fingerprint density at radius 2 is 1.73 bits per heavy atom. The van der Waals surface area contributed by atoms with Gasteiger partial charge in [0.15, 0.2) is 5.84 Å². The second-order valence-corrected chi connectivity index (χ2v) is 8.95. The lowest BCUT2D eigenvalue weighted by Crippen LogP contribution is -2.40. The highest BCUT2D eigenvalue weighted by atomic mass is 35.5. The summed E-state index contributed by atoms with van der Waals surface area (Å²) in [7, 11) is 0. The molecule has 3 aromatic carbocycles. The molecular formula is C27H28ClN5O4. The minimum atomic E-state index is -0.261. The summed E-state index contributed by atoms with van der Waals surface area (Å²) in [6.07, 6.45) is 0. The summed E-state index contributed by atoms with van der Waals surface area (Å²) in [5.41, 5.74) is 9.78. The van der Waals surface area contributed by atoms with Crippen LogP contribution in [0.1, 0.15) is 37.4 Å². The third kappa shape index (κ3) is 6.78. The number of amidine groups is 1. The summed E-state index contributed by atoms with van der Waals surface area (Å²) >= 11 is 6.00. The van der Waals surface area contributed by atoms with E-state index in [1.807, 2.05) is 18.2 Å². The van der Waals surface area contributed by atoms with Gasteiger partial charge in [0, 0.05) is 53.6 Å². The van der Waals surface area contributed by atoms with Gasteiger partial charge in [-0.25, -0.2) is 0 Å². The molecule has 0 aliphatic carbocycles. The molecule has 9 nitrogen and oxygen atoms in total. The quantitative estimate of drug-likeness (QED) is 0.155. The summed E-state index contributed by atoms with van der Waals surface area (Å²) in [5.74, 6) is -0.317. The molecule has 1 aliphatic heterocycles. The predicted octanol–water partition coefficient (Wildman–Crippen LogP) is 3.45. The number of oxime groups is 1. The topological polar surface area (TPSA) is 129 Å². The van der Waals surface area contributed by atoms with E-state index in [-0.39, 0.29) is 24.2 Å². The fourth-order valence-electron chi connectivity index (χ4n) is 3.98. The Bertz CT molecular complexity index is 1310. The van der Waals surface area contributed by atoms with Gasteiger partial charge >= 0.3 is 0 Å². The van der Waals surface area contributed by atoms with Crippen LogP contribution in [-0.4, -0.2) is 54.1 Å². The van der Waals surface area contributed by atoms with Gasteiger partial charge in [-0.3, -0.25) is 9.59 Å². The average Bonchev–Trinajstić information content (AvgIpc) is 2.94. The number of hydrogen-bond donors (Lipinski definition) is 4. The lowest BCUT2D eigenvalue weighted by Gasteiger charge is -2.27. The Balaban J connectivity index is 1.49. The number of ether oxygens (including phenoxy) is 1. The monoisotopic (exact) mass is 521 g/mol. The molecule has 3 aromatic rings. The molecule has 0 radical (unpaired) electrons. The van der Waals surface area contributed by atoms with Gasteiger partial charge in [0.25, 0.3) is 11.8 Å². The SMILES string of the molecule is NC(=NO)c1ccc(CNC(=O)c2cccc(Cl)c2)c(NCc2cccc(C(=O)N3CCOCC3)c2)c1. The maximum atomic E-state index is 12.9. The molecule has 1 saturated heterocycles. The van der Waals surface area contributed by atoms with Crippen molar-refractivity contribution in [2.24, 2.45) is 10.9 Å². The number of morpholine rings is 1. The zero-order valence-corrected chi connectivity index (χ0v) is 20.9. The molecule has 0 atom stereocenters. The first-order valence-electron chi connectivity index (χ1n) is 11.8. The van der Waals surface area contributed by atoms with Crippen LogP contribution in [0.25, 0.3) is 0 Å². The second kappa shape index (κ2) is 12.2. The number of amides is 2. The smallest absolute Gasteiger partial charge is 0.254 e. The first-order valence-corrected chi connectivity index (χ1v) is 12.2. The van der Waals surface area contributed by atoms with Crippen molar-refractivity contribution < 1.29 is 19.5 Å². The van der Waals surface area contributed by atoms with E-state index in [0.717, 1.165) is 11.1 Å². The van der Waals surface area contributed by atoms with E-state index in [2.05, 4.69) is 15.8 Å². The standard InChI is InChI=1S/C27H28ClN5O4/c28-23-6-2-4-20(14-23)26(34)31-17-22-8-7-19(25(29)32-36)15-24(22)30-16-18-3-1-5-21(13-18)27(35)33-9-11-37-12-10-33/h1-8,13-15,30,36H,9-12,16-17H2,(H2,29,32)(H,31,34). The minimum Gasteiger partial charge on any atom is -0.409 e. The van der Waals surface area contributed by atoms with Crippen LogP contribution in [-0.2, 0) is 17.8 Å². The van der Waals surface area contributed by atoms with Crippen molar-refractivity contribution in [3.05, 3.63) is 99.6 Å². The zero-order chi connectivity index (χ0) is 26.2. The highest BCUT2D eigenvalue weighted by Gasteiger charge is 2.18. The number of carbonyl (C=O) groups is 2. The van der Waals surface area contributed by atoms with Gasteiger partial charge < -0.3 is 31.2 Å². The van der Waals surface area contributed by atoms with E-state index in [1.54, 1.807) is 53.4 Å². The number of rotatable bonds is 8. The van der Waals surface area contributed by atoms with Crippen LogP contribution in [0, 0.1) is 0 Å². The fourth-order valence-corrected chi connectivity index (χ4v) is 4.17. The van der Waals surface area contributed by atoms with Crippen molar-refractivity contribution in [3.63, 3.8) is 0 Å². The van der Waals surface area contributed by atoms with Crippen LogP contribution < -0.4 is 16.4 Å². The third-order valence-corrected chi connectivity index (χ3v) is 6.23. The maximum Gasteiger partial charge on any atom is 0.254 e. The van der Waals surface area contributed by atoms with Crippen LogP contribution in [0.5, 0.6) is 0 Å². The largest absolute Gasteiger partial charge is 0.409 e. The van der Waals surface area contributed by atoms with Crippen LogP contribution in [0.4, 0.5) is 5.69 Å². The van der Waals surface area contributed by atoms with Gasteiger partial charge in [0.2, 0.25) is 0 Å². The Hall–Kier alpha value is -4.08. The van der Waals surface area contributed by atoms with Crippen molar-refractivity contribution >= 4 is 34.9 Å². The summed E-state index contributed by atoms with van der Waals surface area (Å²) in [5, 5.41) is 18.9. The predicted molar refractivity (Wildman–Crippen MR) is 142 cm³/mol. The Morgan fingerprint density at radius 1 is 0.973 bits per heavy atom. The van der Waals surface area contributed by atoms with Gasteiger partial charge in [-0.05, 0) is 47.5 Å². The highest BCUT2D eigenvalue weighted by molar-refractivity contribution is 6.30. The molecule has 0 spiro atoms. The van der Waals surface area contributed by atoms with Gasteiger partial charge in [0.05, 0.1) is 13.2 Å². The molecule has 1 aliphatic rings. The number of carbonyl (C=O) groups excluding carboxylic acids is 2. The van der Waals surface area contributed by atoms with Crippen molar-refractivity contribution in [2.45, 2.75) is 13.1 Å². The second-order valence-electron chi connectivity index (χ2n) is 8.51. The number of nitrogens with zero attached hydrogens (tertiary/aromatic N) is 2. The van der Waals surface area contributed by atoms with E-state index in [9.17, 15) is 9.59 Å². The first kappa shape index (κ1) is 26.0. The lowest BCUT2D eigenvalue weighted by atomic mass is 10.1. The van der Waals surface area contributed by atoms with Gasteiger partial charge in [-0.2, -0.15) is 0 Å². The minimum absolute atomic E-state index is 0.0245. The molecule has 0 unspecified atom stereocenters. The number of hydrogen-bond acceptors (Lipinski definition) is 6. The molecule has 0 saturated carbocycles. The molecule has 1 heterocycles. The molecule has 37 heavy (non-hydrogen) atoms. The van der Waals surface area contributed by atoms with Crippen molar-refractivity contribution in [3.8, 4) is 0 Å². The van der Waals surface area contributed by atoms with Crippen LogP contribution >= 0.6 is 11.6 Å². The van der Waals surface area contributed by atoms with Gasteiger partial charge in [-0.15, -0.1) is 0 Å². The van der Waals surface area contributed by atoms with Crippen LogP contribution in [0.2, 0.25) is 5.02 Å². The van der Waals surface area contributed by atoms with Crippen LogP contribution in [0.15, 0.2) is 71.9 Å². The van der Waals surface area contributed by atoms with Crippen molar-refractivity contribution in [1.29, 1.82) is 0 Å². The molecule has 0 aromatic heterocycles. The Kier molecular flexibility index (Phi) is 8.60. The first-order chi connectivity index (χ1) is 17.9. The highest BCUT2D eigenvalue weighted by Crippen LogP contribution is 2.20. The molecule has 10 heteroatoms. The van der Waals surface area contributed by atoms with E-state index < -0.39 is 0 Å². The van der Waals surface area contributed by atoms with Crippen LogP contribution in [0.3, 0.4) is 0 Å². The number of nitrogens with two attached hydrogens (primary N) is 1. The summed E-state index contributed by atoms with van der Waals surface area (Å²) < 4.78 is 5.34. The summed E-state index contributed by atoms with van der Waals surface area (Å²) in [6.45, 7) is 2.89. The molecular weight excluding hydrogens is 494 g/mol. The molecule has 2 amide bonds. The number of nitrogens with one attached hydrogen (secondary N) is 2. The normalized spacial score (nSPS) is 13.8. The fraction of sp³-hybridized carbons (Fsp3) is 0.222. The van der Waals surface area contributed by atoms with E-state index in [1.165, 1.54) is 0 Å². The zero-order valence-electron chi connectivity index (χ0n) is 20.1. The van der Waals surface area contributed by atoms with Crippen molar-refractivity contribution in [1.82, 2.24) is 10.2 Å². The number of benzene rings is 3. The lowest BCUT2D eigenvalue weighted by molar-refractivity contribution is 0.0303. The van der Waals surface area contributed by atoms with E-state index in [0.29, 0.717) is 60.2 Å². The van der Waals surface area contributed by atoms with E-state index >= 15 is 0 Å². The molecule has 4 rings (SSSR count). The number of halogens is 1. The summed E-state index contributed by atoms with van der Waals surface area (Å²) in [6, 6.07) is 19.4. The summed E-state index contributed by atoms with van der Waals surface area (Å²) in [4.78, 5) is 27.3. The third-order valence-electron chi connectivity index (χ3n) is 5.99. The maximum absolute atomic E-state index is 12.9. The molecule has 0 bridgehead atoms. The molecule has 5 N–H and O–H groups in total. The average molecular weight is 522 g/mol. The Morgan fingerprint density at radius 3 is 2.49 bits per heavy atom. The van der Waals surface area contributed by atoms with Crippen molar-refractivity contribution in [2.75, 3.05) is 31.6 Å². The van der Waals surface area contributed by atoms with Gasteiger partial charge in [0.1, 0.15) is 0 Å². The van der Waals surface area contributed by atoms with Gasteiger partial charge in [-0.1, -0.05) is 47.1 Å². The Labute approximate surface area is 219 Å². The molecule has 192 valence electrons.